The molecular weight excluding hydrogens is 188 g/mol. The van der Waals surface area contributed by atoms with Gasteiger partial charge in [-0.15, -0.1) is 0 Å². The van der Waals surface area contributed by atoms with Crippen LogP contribution in [-0.4, -0.2) is 22.7 Å². The van der Waals surface area contributed by atoms with E-state index in [-0.39, 0.29) is 0 Å². The first kappa shape index (κ1) is 10.7. The van der Waals surface area contributed by atoms with E-state index >= 15 is 0 Å². The van der Waals surface area contributed by atoms with Crippen LogP contribution < -0.4 is 0 Å². The number of aliphatic hydroxyl groups excluding tert-OH is 1. The Morgan fingerprint density at radius 1 is 1.17 bits per heavy atom. The van der Waals surface area contributed by atoms with E-state index in [2.05, 4.69) is 10.8 Å². The molecule has 1 N–H and O–H groups in total. The highest BCUT2D eigenvalue weighted by atomic mass is 33.1. The highest BCUT2D eigenvalue weighted by molar-refractivity contribution is 8.77. The average molecular weight is 206 g/mol. The van der Waals surface area contributed by atoms with Crippen LogP contribution in [0.15, 0.2) is 0 Å². The molecule has 0 aromatic rings. The normalized spacial score (nSPS) is 23.2. The molecule has 0 bridgehead atoms. The average Bonchev–Trinajstić information content (AvgIpc) is 2.57. The summed E-state index contributed by atoms with van der Waals surface area (Å²) in [6.45, 7) is 0.369. The number of hydrogen-bond donors (Lipinski definition) is 1. The van der Waals surface area contributed by atoms with Crippen molar-refractivity contribution in [2.24, 2.45) is 0 Å². The lowest BCUT2D eigenvalue weighted by Gasteiger charge is -2.05. The molecule has 0 aromatic carbocycles. The molecule has 1 atom stereocenters. The summed E-state index contributed by atoms with van der Waals surface area (Å²) < 4.78 is 0. The predicted octanol–water partition coefficient (Wildman–Crippen LogP) is 3.08. The van der Waals surface area contributed by atoms with E-state index in [1.165, 1.54) is 37.9 Å². The van der Waals surface area contributed by atoms with Gasteiger partial charge in [-0.05, 0) is 19.3 Å². The minimum Gasteiger partial charge on any atom is -0.396 e. The minimum absolute atomic E-state index is 0.369. The fraction of sp³-hybridized carbons (Fsp3) is 1.00. The Hall–Kier alpha value is 0.660. The maximum Gasteiger partial charge on any atom is 0.0431 e. The Morgan fingerprint density at radius 3 is 2.67 bits per heavy atom. The monoisotopic (exact) mass is 206 g/mol. The second kappa shape index (κ2) is 7.10. The lowest BCUT2D eigenvalue weighted by molar-refractivity contribution is 0.282. The van der Waals surface area contributed by atoms with Crippen LogP contribution in [0.5, 0.6) is 0 Å². The molecular formula is C9H18OS2. The third-order valence-corrected chi connectivity index (χ3v) is 5.17. The highest BCUT2D eigenvalue weighted by Crippen LogP contribution is 2.39. The van der Waals surface area contributed by atoms with Gasteiger partial charge in [0, 0.05) is 17.6 Å². The maximum atomic E-state index is 8.57. The Morgan fingerprint density at radius 2 is 2.00 bits per heavy atom. The van der Waals surface area contributed by atoms with E-state index in [0.717, 1.165) is 11.7 Å². The fourth-order valence-corrected chi connectivity index (χ4v) is 4.43. The largest absolute Gasteiger partial charge is 0.396 e. The van der Waals surface area contributed by atoms with Gasteiger partial charge in [0.25, 0.3) is 0 Å². The summed E-state index contributed by atoms with van der Waals surface area (Å²) >= 11 is 0. The first-order valence-electron chi connectivity index (χ1n) is 4.82. The van der Waals surface area contributed by atoms with Crippen molar-refractivity contribution in [3.8, 4) is 0 Å². The van der Waals surface area contributed by atoms with Gasteiger partial charge in [-0.3, -0.25) is 0 Å². The molecule has 0 aromatic heterocycles. The zero-order chi connectivity index (χ0) is 8.65. The lowest BCUT2D eigenvalue weighted by Crippen LogP contribution is -1.96. The topological polar surface area (TPSA) is 20.2 Å². The summed E-state index contributed by atoms with van der Waals surface area (Å²) in [6, 6.07) is 0. The summed E-state index contributed by atoms with van der Waals surface area (Å²) in [4.78, 5) is 0. The Balaban J connectivity index is 1.81. The van der Waals surface area contributed by atoms with Crippen LogP contribution in [0.2, 0.25) is 0 Å². The quantitative estimate of drug-likeness (QED) is 0.533. The molecule has 72 valence electrons. The molecule has 1 heterocycles. The van der Waals surface area contributed by atoms with Crippen LogP contribution in [0.4, 0.5) is 0 Å². The van der Waals surface area contributed by atoms with Gasteiger partial charge in [-0.2, -0.15) is 0 Å². The molecule has 1 aliphatic rings. The van der Waals surface area contributed by atoms with Crippen molar-refractivity contribution in [2.45, 2.75) is 43.8 Å². The van der Waals surface area contributed by atoms with Crippen molar-refractivity contribution in [1.29, 1.82) is 0 Å². The van der Waals surface area contributed by atoms with E-state index < -0.39 is 0 Å². The molecule has 1 fully saturated rings. The van der Waals surface area contributed by atoms with Gasteiger partial charge < -0.3 is 5.11 Å². The molecule has 1 nitrogen and oxygen atoms in total. The molecule has 0 unspecified atom stereocenters. The minimum atomic E-state index is 0.369. The van der Waals surface area contributed by atoms with E-state index in [0.29, 0.717) is 6.61 Å². The van der Waals surface area contributed by atoms with Crippen molar-refractivity contribution in [3.05, 3.63) is 0 Å². The molecule has 0 spiro atoms. The van der Waals surface area contributed by atoms with E-state index in [1.54, 1.807) is 0 Å². The Bertz CT molecular complexity index is 103. The molecule has 1 rings (SSSR count). The summed E-state index contributed by atoms with van der Waals surface area (Å²) in [5.74, 6) is 1.35. The third kappa shape index (κ3) is 4.63. The van der Waals surface area contributed by atoms with Crippen LogP contribution in [0, 0.1) is 0 Å². The van der Waals surface area contributed by atoms with Crippen molar-refractivity contribution in [2.75, 3.05) is 12.4 Å². The first-order valence-corrected chi connectivity index (χ1v) is 7.21. The molecule has 12 heavy (non-hydrogen) atoms. The molecule has 0 radical (unpaired) electrons. The Labute approximate surface area is 83.1 Å². The zero-order valence-corrected chi connectivity index (χ0v) is 9.13. The van der Waals surface area contributed by atoms with Crippen LogP contribution in [0.3, 0.4) is 0 Å². The van der Waals surface area contributed by atoms with E-state index in [4.69, 9.17) is 5.11 Å². The van der Waals surface area contributed by atoms with Crippen molar-refractivity contribution in [3.63, 3.8) is 0 Å². The van der Waals surface area contributed by atoms with Crippen molar-refractivity contribution >= 4 is 21.6 Å². The molecule has 3 heteroatoms. The summed E-state index contributed by atoms with van der Waals surface area (Å²) in [5, 5.41) is 9.50. The van der Waals surface area contributed by atoms with Gasteiger partial charge in [-0.1, -0.05) is 40.9 Å². The first-order chi connectivity index (χ1) is 5.93. The Kier molecular flexibility index (Phi) is 6.35. The van der Waals surface area contributed by atoms with Crippen molar-refractivity contribution < 1.29 is 5.11 Å². The highest BCUT2D eigenvalue weighted by Gasteiger charge is 2.15. The number of aliphatic hydroxyl groups is 1. The maximum absolute atomic E-state index is 8.57. The standard InChI is InChI=1S/C9H18OS2/c10-7-4-2-1-3-5-9-6-8-11-12-9/h9-10H,1-8H2/t9-/m0/s1. The van der Waals surface area contributed by atoms with Gasteiger partial charge in [-0.25, -0.2) is 0 Å². The summed E-state index contributed by atoms with van der Waals surface area (Å²) in [7, 11) is 4.10. The molecule has 0 amide bonds. The number of unbranched alkanes of at least 4 members (excludes halogenated alkanes) is 3. The number of hydrogen-bond acceptors (Lipinski definition) is 3. The van der Waals surface area contributed by atoms with Crippen LogP contribution >= 0.6 is 21.6 Å². The van der Waals surface area contributed by atoms with E-state index in [1.807, 2.05) is 10.8 Å². The van der Waals surface area contributed by atoms with Crippen LogP contribution in [-0.2, 0) is 0 Å². The van der Waals surface area contributed by atoms with Gasteiger partial charge >= 0.3 is 0 Å². The van der Waals surface area contributed by atoms with Crippen LogP contribution in [0.25, 0.3) is 0 Å². The van der Waals surface area contributed by atoms with E-state index in [9.17, 15) is 0 Å². The van der Waals surface area contributed by atoms with Gasteiger partial charge in [0.05, 0.1) is 0 Å². The second-order valence-electron chi connectivity index (χ2n) is 3.26. The van der Waals surface area contributed by atoms with Gasteiger partial charge in [0.1, 0.15) is 0 Å². The zero-order valence-electron chi connectivity index (χ0n) is 7.50. The summed E-state index contributed by atoms with van der Waals surface area (Å²) in [6.07, 6.45) is 7.67. The molecule has 0 aliphatic carbocycles. The number of rotatable bonds is 6. The lowest BCUT2D eigenvalue weighted by atomic mass is 10.1. The molecule has 1 saturated heterocycles. The van der Waals surface area contributed by atoms with Crippen LogP contribution in [0.1, 0.15) is 38.5 Å². The SMILES string of the molecule is OCCCCCC[C@H]1CCSS1. The van der Waals surface area contributed by atoms with Gasteiger partial charge in [0.15, 0.2) is 0 Å². The second-order valence-corrected chi connectivity index (χ2v) is 6.04. The summed E-state index contributed by atoms with van der Waals surface area (Å²) in [5.41, 5.74) is 0. The smallest absolute Gasteiger partial charge is 0.0431 e. The fourth-order valence-electron chi connectivity index (χ4n) is 1.40. The van der Waals surface area contributed by atoms with Gasteiger partial charge in [0.2, 0.25) is 0 Å². The predicted molar refractivity (Wildman–Crippen MR) is 58.6 cm³/mol. The molecule has 1 aliphatic heterocycles. The molecule has 0 saturated carbocycles. The van der Waals surface area contributed by atoms with Crippen molar-refractivity contribution in [1.82, 2.24) is 0 Å². The third-order valence-electron chi connectivity index (χ3n) is 2.16.